The van der Waals surface area contributed by atoms with Crippen LogP contribution in [0.5, 0.6) is 0 Å². The van der Waals surface area contributed by atoms with Crippen LogP contribution in [0.25, 0.3) is 0 Å². The highest BCUT2D eigenvalue weighted by molar-refractivity contribution is 14.1. The first-order chi connectivity index (χ1) is 6.31. The monoisotopic (exact) mass is 285 g/mol. The Balaban J connectivity index is 2.78. The highest BCUT2D eigenvalue weighted by Gasteiger charge is 2.05. The molecule has 0 bridgehead atoms. The lowest BCUT2D eigenvalue weighted by Gasteiger charge is -2.12. The fourth-order valence-corrected chi connectivity index (χ4v) is 2.02. The van der Waals surface area contributed by atoms with Crippen molar-refractivity contribution in [1.29, 1.82) is 0 Å². The summed E-state index contributed by atoms with van der Waals surface area (Å²) in [7, 11) is 0. The van der Waals surface area contributed by atoms with Crippen LogP contribution in [-0.4, -0.2) is 5.14 Å². The van der Waals surface area contributed by atoms with Crippen LogP contribution in [0.1, 0.15) is 38.2 Å². The van der Waals surface area contributed by atoms with Crippen molar-refractivity contribution in [3.8, 4) is 0 Å². The van der Waals surface area contributed by atoms with Gasteiger partial charge in [0.1, 0.15) is 0 Å². The first kappa shape index (κ1) is 11.1. The predicted octanol–water partition coefficient (Wildman–Crippen LogP) is 3.27. The van der Waals surface area contributed by atoms with Crippen LogP contribution in [-0.2, 0) is 0 Å². The van der Waals surface area contributed by atoms with Crippen molar-refractivity contribution < 1.29 is 0 Å². The average Bonchev–Trinajstić information content (AvgIpc) is 2.21. The van der Waals surface area contributed by atoms with E-state index in [-0.39, 0.29) is 0 Å². The van der Waals surface area contributed by atoms with Crippen molar-refractivity contribution >= 4 is 33.0 Å². The quantitative estimate of drug-likeness (QED) is 0.588. The second-order valence-corrected chi connectivity index (χ2v) is 3.91. The Hall–Kier alpha value is 0.0149. The molecule has 0 aromatic heterocycles. The van der Waals surface area contributed by atoms with Crippen molar-refractivity contribution in [2.75, 3.05) is 0 Å². The molecule has 69 valence electrons. The van der Waals surface area contributed by atoms with Gasteiger partial charge in [0.2, 0.25) is 5.14 Å². The Labute approximate surface area is 95.2 Å². The first-order valence-corrected chi connectivity index (χ1v) is 6.09. The van der Waals surface area contributed by atoms with Crippen molar-refractivity contribution in [2.45, 2.75) is 32.6 Å². The Bertz CT molecular complexity index is 239. The lowest BCUT2D eigenvalue weighted by Crippen LogP contribution is -2.08. The smallest absolute Gasteiger partial charge is 0.151 e. The maximum absolute atomic E-state index is 2.28. The molecule has 0 aliphatic heterocycles. The van der Waals surface area contributed by atoms with Crippen LogP contribution >= 0.6 is 22.4 Å². The molecule has 13 heavy (non-hydrogen) atoms. The maximum atomic E-state index is 2.28. The topological polar surface area (TPSA) is 0 Å². The lowest BCUT2D eigenvalue weighted by molar-refractivity contribution is 0.642. The fraction of sp³-hybridized carbons (Fsp3) is 0.455. The molecule has 0 aliphatic carbocycles. The third kappa shape index (κ3) is 3.01. The van der Waals surface area contributed by atoms with E-state index in [9.17, 15) is 0 Å². The second-order valence-electron chi connectivity index (χ2n) is 3.29. The summed E-state index contributed by atoms with van der Waals surface area (Å²) in [5.41, 5.74) is 2.78. The van der Waals surface area contributed by atoms with E-state index >= 15 is 0 Å². The van der Waals surface area contributed by atoms with E-state index in [1.54, 1.807) is 0 Å². The molecule has 0 spiro atoms. The van der Waals surface area contributed by atoms with Crippen molar-refractivity contribution in [3.05, 3.63) is 29.8 Å². The van der Waals surface area contributed by atoms with Gasteiger partial charge in [-0.3, -0.25) is 0 Å². The standard InChI is InChI=1S/C11H15BI/c1-3-9(4-2)10-5-7-11(12-13)8-6-10/h5-9H,3-4H2,1-2H3. The minimum Gasteiger partial charge on any atom is -0.151 e. The molecular weight excluding hydrogens is 270 g/mol. The summed E-state index contributed by atoms with van der Waals surface area (Å²) in [6, 6.07) is 8.89. The van der Waals surface area contributed by atoms with Gasteiger partial charge in [-0.05, 0) is 24.3 Å². The maximum Gasteiger partial charge on any atom is 0.237 e. The van der Waals surface area contributed by atoms with Gasteiger partial charge < -0.3 is 0 Å². The van der Waals surface area contributed by atoms with Gasteiger partial charge in [-0.1, -0.05) is 43.6 Å². The molecule has 0 heterocycles. The highest BCUT2D eigenvalue weighted by Crippen LogP contribution is 2.21. The van der Waals surface area contributed by atoms with Crippen LogP contribution in [0, 0.1) is 0 Å². The minimum absolute atomic E-state index is 0.739. The van der Waals surface area contributed by atoms with Crippen LogP contribution in [0.4, 0.5) is 0 Å². The van der Waals surface area contributed by atoms with E-state index in [2.05, 4.69) is 65.6 Å². The summed E-state index contributed by atoms with van der Waals surface area (Å²) in [4.78, 5) is 0. The first-order valence-electron chi connectivity index (χ1n) is 4.85. The molecule has 2 heteroatoms. The van der Waals surface area contributed by atoms with Crippen LogP contribution < -0.4 is 5.46 Å². The summed E-state index contributed by atoms with van der Waals surface area (Å²) in [6.07, 6.45) is 2.48. The fourth-order valence-electron chi connectivity index (χ4n) is 1.60. The van der Waals surface area contributed by atoms with E-state index in [1.165, 1.54) is 23.9 Å². The summed E-state index contributed by atoms with van der Waals surface area (Å²) < 4.78 is 0. The third-order valence-corrected chi connectivity index (χ3v) is 3.24. The molecule has 0 fully saturated rings. The van der Waals surface area contributed by atoms with E-state index in [0.717, 1.165) is 5.92 Å². The Morgan fingerprint density at radius 1 is 1.15 bits per heavy atom. The van der Waals surface area contributed by atoms with E-state index in [1.807, 2.05) is 0 Å². The average molecular weight is 285 g/mol. The predicted molar refractivity (Wildman–Crippen MR) is 69.2 cm³/mol. The van der Waals surface area contributed by atoms with E-state index in [0.29, 0.717) is 0 Å². The molecule has 0 unspecified atom stereocenters. The van der Waals surface area contributed by atoms with E-state index in [4.69, 9.17) is 0 Å². The molecule has 1 rings (SSSR count). The third-order valence-electron chi connectivity index (χ3n) is 2.52. The Morgan fingerprint density at radius 2 is 1.69 bits per heavy atom. The number of halogens is 1. The molecule has 0 saturated carbocycles. The summed E-state index contributed by atoms with van der Waals surface area (Å²) in [5, 5.41) is 2.11. The molecule has 0 nitrogen and oxygen atoms in total. The molecule has 0 N–H and O–H groups in total. The zero-order valence-electron chi connectivity index (χ0n) is 8.26. The van der Waals surface area contributed by atoms with Crippen molar-refractivity contribution in [3.63, 3.8) is 0 Å². The van der Waals surface area contributed by atoms with Gasteiger partial charge in [0.05, 0.1) is 0 Å². The van der Waals surface area contributed by atoms with Gasteiger partial charge in [0.25, 0.3) is 0 Å². The normalized spacial score (nSPS) is 10.5. The molecule has 1 aromatic carbocycles. The minimum atomic E-state index is 0.739. The summed E-state index contributed by atoms with van der Waals surface area (Å²) in [5.74, 6) is 0.739. The number of hydrogen-bond donors (Lipinski definition) is 0. The summed E-state index contributed by atoms with van der Waals surface area (Å²) >= 11 is 2.28. The zero-order chi connectivity index (χ0) is 9.68. The number of rotatable bonds is 4. The van der Waals surface area contributed by atoms with Gasteiger partial charge in [-0.2, -0.15) is 22.4 Å². The van der Waals surface area contributed by atoms with Gasteiger partial charge in [-0.25, -0.2) is 0 Å². The number of hydrogen-bond acceptors (Lipinski definition) is 0. The highest BCUT2D eigenvalue weighted by atomic mass is 127. The van der Waals surface area contributed by atoms with Gasteiger partial charge in [0, 0.05) is 0 Å². The molecule has 1 radical (unpaired) electrons. The molecule has 0 atom stereocenters. The van der Waals surface area contributed by atoms with Gasteiger partial charge >= 0.3 is 0 Å². The Kier molecular flexibility index (Phi) is 4.85. The molecule has 0 amide bonds. The van der Waals surface area contributed by atoms with Crippen molar-refractivity contribution in [2.24, 2.45) is 0 Å². The molecule has 0 aliphatic rings. The largest absolute Gasteiger partial charge is 0.237 e. The molecule has 1 aromatic rings. The van der Waals surface area contributed by atoms with Crippen LogP contribution in [0.15, 0.2) is 24.3 Å². The van der Waals surface area contributed by atoms with Crippen LogP contribution in [0.3, 0.4) is 0 Å². The molecular formula is C11H15BI. The summed E-state index contributed by atoms with van der Waals surface area (Å²) in [6.45, 7) is 4.51. The lowest BCUT2D eigenvalue weighted by atomic mass is 9.89. The van der Waals surface area contributed by atoms with Crippen LogP contribution in [0.2, 0.25) is 0 Å². The van der Waals surface area contributed by atoms with Gasteiger partial charge in [-0.15, -0.1) is 0 Å². The van der Waals surface area contributed by atoms with E-state index < -0.39 is 0 Å². The SMILES string of the molecule is CCC(CC)c1ccc([B]I)cc1. The van der Waals surface area contributed by atoms with Gasteiger partial charge in [0.15, 0.2) is 0 Å². The Morgan fingerprint density at radius 3 is 2.08 bits per heavy atom. The zero-order valence-corrected chi connectivity index (χ0v) is 10.4. The molecule has 0 saturated heterocycles. The van der Waals surface area contributed by atoms with Crippen molar-refractivity contribution in [1.82, 2.24) is 0 Å². The number of benzene rings is 1. The second kappa shape index (κ2) is 5.68.